The molecule has 1 saturated heterocycles. The fraction of sp³-hybridized carbons (Fsp3) is 0.391. The van der Waals surface area contributed by atoms with E-state index < -0.39 is 11.8 Å². The van der Waals surface area contributed by atoms with Gasteiger partial charge >= 0.3 is 11.8 Å². The van der Waals surface area contributed by atoms with Gasteiger partial charge in [0.25, 0.3) is 0 Å². The molecule has 1 heterocycles. The van der Waals surface area contributed by atoms with Gasteiger partial charge in [-0.15, -0.1) is 0 Å². The Morgan fingerprint density at radius 1 is 0.969 bits per heavy atom. The first-order chi connectivity index (χ1) is 15.5. The molecular formula is C23H29ClN4O4. The summed E-state index contributed by atoms with van der Waals surface area (Å²) in [6, 6.07) is 12.9. The minimum absolute atomic E-state index is 0.380. The number of halogens is 1. The van der Waals surface area contributed by atoms with Crippen molar-refractivity contribution in [3.05, 3.63) is 47.5 Å². The highest BCUT2D eigenvalue weighted by Crippen LogP contribution is 2.28. The van der Waals surface area contributed by atoms with Crippen LogP contribution >= 0.6 is 11.6 Å². The van der Waals surface area contributed by atoms with Gasteiger partial charge in [-0.2, -0.15) is 0 Å². The molecule has 8 nitrogen and oxygen atoms in total. The van der Waals surface area contributed by atoms with Gasteiger partial charge in [0, 0.05) is 49.5 Å². The predicted molar refractivity (Wildman–Crippen MR) is 126 cm³/mol. The monoisotopic (exact) mass is 460 g/mol. The average Bonchev–Trinajstić information content (AvgIpc) is 2.82. The first-order valence-electron chi connectivity index (χ1n) is 10.5. The maximum Gasteiger partial charge on any atom is 0.313 e. The summed E-state index contributed by atoms with van der Waals surface area (Å²) in [5.41, 5.74) is 1.56. The molecule has 2 amide bonds. The molecule has 2 aromatic rings. The molecule has 172 valence electrons. The van der Waals surface area contributed by atoms with Gasteiger partial charge in [-0.3, -0.25) is 14.5 Å². The fourth-order valence-corrected chi connectivity index (χ4v) is 3.68. The fourth-order valence-electron chi connectivity index (χ4n) is 3.56. The van der Waals surface area contributed by atoms with Crippen LogP contribution in [0.4, 0.5) is 11.4 Å². The van der Waals surface area contributed by atoms with Gasteiger partial charge in [0.15, 0.2) is 0 Å². The third-order valence-electron chi connectivity index (χ3n) is 5.36. The van der Waals surface area contributed by atoms with Crippen LogP contribution in [0.5, 0.6) is 11.5 Å². The first-order valence-corrected chi connectivity index (χ1v) is 10.9. The molecule has 0 aromatic heterocycles. The number of rotatable bonds is 8. The maximum atomic E-state index is 12.2. The van der Waals surface area contributed by atoms with E-state index in [1.54, 1.807) is 18.2 Å². The second-order valence-electron chi connectivity index (χ2n) is 7.43. The number of methoxy groups -OCH3 is 2. The van der Waals surface area contributed by atoms with Crippen LogP contribution in [0.1, 0.15) is 6.42 Å². The molecule has 1 aliphatic heterocycles. The number of benzene rings is 2. The van der Waals surface area contributed by atoms with E-state index in [-0.39, 0.29) is 0 Å². The number of carbonyl (C=O) groups is 2. The van der Waals surface area contributed by atoms with Crippen LogP contribution in [-0.4, -0.2) is 70.2 Å². The number of piperazine rings is 1. The van der Waals surface area contributed by atoms with E-state index in [9.17, 15) is 9.59 Å². The van der Waals surface area contributed by atoms with Gasteiger partial charge in [0.05, 0.1) is 19.9 Å². The number of anilines is 2. The molecule has 0 aliphatic carbocycles. The van der Waals surface area contributed by atoms with Crippen molar-refractivity contribution < 1.29 is 19.1 Å². The zero-order chi connectivity index (χ0) is 22.9. The second kappa shape index (κ2) is 11.6. The van der Waals surface area contributed by atoms with Gasteiger partial charge in [0.2, 0.25) is 0 Å². The lowest BCUT2D eigenvalue weighted by atomic mass is 10.2. The highest BCUT2D eigenvalue weighted by molar-refractivity contribution is 6.39. The van der Waals surface area contributed by atoms with Crippen molar-refractivity contribution in [2.24, 2.45) is 0 Å². The van der Waals surface area contributed by atoms with Crippen LogP contribution in [-0.2, 0) is 9.59 Å². The highest BCUT2D eigenvalue weighted by atomic mass is 35.5. The Kier molecular flexibility index (Phi) is 8.58. The molecule has 32 heavy (non-hydrogen) atoms. The minimum Gasteiger partial charge on any atom is -0.497 e. The van der Waals surface area contributed by atoms with Crippen molar-refractivity contribution in [1.29, 1.82) is 0 Å². The number of carbonyl (C=O) groups excluding carboxylic acids is 2. The Balaban J connectivity index is 1.36. The molecule has 0 radical (unpaired) electrons. The maximum absolute atomic E-state index is 12.2. The standard InChI is InChI=1S/C23H29ClN4O4/c1-31-19-8-9-21(32-2)20(16-19)26-23(30)22(29)25-10-3-11-27-12-14-28(15-13-27)18-6-4-17(24)5-7-18/h4-9,16H,3,10-15H2,1-2H3,(H,25,29)(H,26,30). The van der Waals surface area contributed by atoms with Gasteiger partial charge in [-0.25, -0.2) is 0 Å². The number of nitrogens with one attached hydrogen (secondary N) is 2. The van der Waals surface area contributed by atoms with Crippen LogP contribution in [0.3, 0.4) is 0 Å². The van der Waals surface area contributed by atoms with E-state index >= 15 is 0 Å². The summed E-state index contributed by atoms with van der Waals surface area (Å²) < 4.78 is 10.4. The Bertz CT molecular complexity index is 915. The lowest BCUT2D eigenvalue weighted by Gasteiger charge is -2.36. The summed E-state index contributed by atoms with van der Waals surface area (Å²) in [7, 11) is 3.02. The summed E-state index contributed by atoms with van der Waals surface area (Å²) >= 11 is 5.96. The third kappa shape index (κ3) is 6.51. The van der Waals surface area contributed by atoms with Gasteiger partial charge in [-0.05, 0) is 49.4 Å². The topological polar surface area (TPSA) is 83.1 Å². The largest absolute Gasteiger partial charge is 0.497 e. The van der Waals surface area contributed by atoms with Crippen molar-refractivity contribution >= 4 is 34.8 Å². The van der Waals surface area contributed by atoms with Crippen LogP contribution in [0, 0.1) is 0 Å². The van der Waals surface area contributed by atoms with Crippen LogP contribution in [0.25, 0.3) is 0 Å². The molecule has 2 aromatic carbocycles. The second-order valence-corrected chi connectivity index (χ2v) is 7.87. The SMILES string of the molecule is COc1ccc(OC)c(NC(=O)C(=O)NCCCN2CCN(c3ccc(Cl)cc3)CC2)c1. The third-order valence-corrected chi connectivity index (χ3v) is 5.61. The van der Waals surface area contributed by atoms with Crippen molar-refractivity contribution in [3.63, 3.8) is 0 Å². The van der Waals surface area contributed by atoms with Crippen LogP contribution in [0.15, 0.2) is 42.5 Å². The smallest absolute Gasteiger partial charge is 0.313 e. The van der Waals surface area contributed by atoms with Gasteiger partial charge in [-0.1, -0.05) is 11.6 Å². The number of hydrogen-bond acceptors (Lipinski definition) is 6. The van der Waals surface area contributed by atoms with Crippen molar-refractivity contribution in [2.75, 3.05) is 63.7 Å². The Hall–Kier alpha value is -2.97. The molecule has 2 N–H and O–H groups in total. The number of nitrogens with zero attached hydrogens (tertiary/aromatic N) is 2. The zero-order valence-corrected chi connectivity index (χ0v) is 19.2. The van der Waals surface area contributed by atoms with E-state index in [4.69, 9.17) is 21.1 Å². The average molecular weight is 461 g/mol. The lowest BCUT2D eigenvalue weighted by Crippen LogP contribution is -2.47. The van der Waals surface area contributed by atoms with E-state index in [2.05, 4.69) is 20.4 Å². The molecule has 3 rings (SSSR count). The normalized spacial score (nSPS) is 14.0. The van der Waals surface area contributed by atoms with E-state index in [1.165, 1.54) is 19.9 Å². The van der Waals surface area contributed by atoms with Crippen molar-refractivity contribution in [2.45, 2.75) is 6.42 Å². The highest BCUT2D eigenvalue weighted by Gasteiger charge is 2.18. The molecule has 9 heteroatoms. The van der Waals surface area contributed by atoms with Crippen LogP contribution in [0.2, 0.25) is 5.02 Å². The van der Waals surface area contributed by atoms with E-state index in [0.717, 1.165) is 44.2 Å². The minimum atomic E-state index is -0.742. The first kappa shape index (κ1) is 23.7. The molecule has 0 unspecified atom stereocenters. The quantitative estimate of drug-likeness (QED) is 0.465. The number of ether oxygens (including phenoxy) is 2. The van der Waals surface area contributed by atoms with Crippen LogP contribution < -0.4 is 25.0 Å². The molecule has 0 bridgehead atoms. The molecular weight excluding hydrogens is 432 g/mol. The van der Waals surface area contributed by atoms with Gasteiger partial charge < -0.3 is 25.0 Å². The predicted octanol–water partition coefficient (Wildman–Crippen LogP) is 2.62. The Morgan fingerprint density at radius 3 is 2.34 bits per heavy atom. The summed E-state index contributed by atoms with van der Waals surface area (Å²) in [6.45, 7) is 5.08. The summed E-state index contributed by atoms with van der Waals surface area (Å²) in [5.74, 6) is -0.419. The molecule has 0 atom stereocenters. The number of hydrogen-bond donors (Lipinski definition) is 2. The Labute approximate surface area is 193 Å². The summed E-state index contributed by atoms with van der Waals surface area (Å²) in [5, 5.41) is 5.99. The molecule has 1 aliphatic rings. The molecule has 0 saturated carbocycles. The van der Waals surface area contributed by atoms with Crippen molar-refractivity contribution in [1.82, 2.24) is 10.2 Å². The summed E-state index contributed by atoms with van der Waals surface area (Å²) in [6.07, 6.45) is 0.766. The molecule has 1 fully saturated rings. The van der Waals surface area contributed by atoms with E-state index in [0.29, 0.717) is 23.7 Å². The number of amides is 2. The summed E-state index contributed by atoms with van der Waals surface area (Å²) in [4.78, 5) is 29.1. The lowest BCUT2D eigenvalue weighted by molar-refractivity contribution is -0.136. The van der Waals surface area contributed by atoms with Crippen molar-refractivity contribution in [3.8, 4) is 11.5 Å². The van der Waals surface area contributed by atoms with Gasteiger partial charge in [0.1, 0.15) is 11.5 Å². The Morgan fingerprint density at radius 2 is 1.69 bits per heavy atom. The zero-order valence-electron chi connectivity index (χ0n) is 18.4. The van der Waals surface area contributed by atoms with E-state index in [1.807, 2.05) is 24.3 Å². The molecule has 0 spiro atoms.